The summed E-state index contributed by atoms with van der Waals surface area (Å²) in [5.74, 6) is 1.71. The zero-order chi connectivity index (χ0) is 15.1. The van der Waals surface area contributed by atoms with E-state index in [1.165, 1.54) is 5.56 Å². The highest BCUT2D eigenvalue weighted by molar-refractivity contribution is 5.46. The molecule has 0 spiro atoms. The molecule has 0 aliphatic carbocycles. The molecule has 1 heterocycles. The van der Waals surface area contributed by atoms with E-state index >= 15 is 0 Å². The lowest BCUT2D eigenvalue weighted by atomic mass is 10.1. The fourth-order valence-corrected chi connectivity index (χ4v) is 2.71. The van der Waals surface area contributed by atoms with Crippen LogP contribution < -0.4 is 14.8 Å². The van der Waals surface area contributed by atoms with Gasteiger partial charge in [-0.3, -0.25) is 0 Å². The maximum absolute atomic E-state index is 5.51. The summed E-state index contributed by atoms with van der Waals surface area (Å²) in [5, 5.41) is 3.38. The van der Waals surface area contributed by atoms with Crippen molar-refractivity contribution in [2.24, 2.45) is 0 Å². The van der Waals surface area contributed by atoms with Crippen molar-refractivity contribution in [3.63, 3.8) is 0 Å². The number of hydrogen-bond donors (Lipinski definition) is 1. The van der Waals surface area contributed by atoms with Gasteiger partial charge in [0, 0.05) is 51.5 Å². The molecule has 1 aliphatic rings. The first-order chi connectivity index (χ1) is 10.3. The molecule has 0 unspecified atom stereocenters. The van der Waals surface area contributed by atoms with Crippen LogP contribution in [0.5, 0.6) is 11.5 Å². The third-order valence-electron chi connectivity index (χ3n) is 3.89. The predicted molar refractivity (Wildman–Crippen MR) is 83.3 cm³/mol. The van der Waals surface area contributed by atoms with Gasteiger partial charge in [-0.05, 0) is 18.1 Å². The maximum atomic E-state index is 5.51. The summed E-state index contributed by atoms with van der Waals surface area (Å²) in [7, 11) is 5.08. The molecular weight excluding hydrogens is 268 g/mol. The minimum Gasteiger partial charge on any atom is -0.496 e. The average Bonchev–Trinajstić information content (AvgIpc) is 2.54. The van der Waals surface area contributed by atoms with Crippen molar-refractivity contribution < 1.29 is 14.2 Å². The third kappa shape index (κ3) is 4.33. The van der Waals surface area contributed by atoms with Gasteiger partial charge in [0.1, 0.15) is 11.5 Å². The van der Waals surface area contributed by atoms with Crippen LogP contribution in [0.2, 0.25) is 0 Å². The number of nitrogens with one attached hydrogen (secondary N) is 1. The minimum absolute atomic E-state index is 0.549. The molecule has 0 aromatic heterocycles. The second-order valence-electron chi connectivity index (χ2n) is 5.25. The van der Waals surface area contributed by atoms with Crippen molar-refractivity contribution in [3.05, 3.63) is 23.3 Å². The zero-order valence-corrected chi connectivity index (χ0v) is 13.3. The van der Waals surface area contributed by atoms with Crippen molar-refractivity contribution in [3.8, 4) is 11.5 Å². The Balaban J connectivity index is 2.10. The third-order valence-corrected chi connectivity index (χ3v) is 3.89. The van der Waals surface area contributed by atoms with Gasteiger partial charge in [-0.25, -0.2) is 0 Å². The van der Waals surface area contributed by atoms with Crippen LogP contribution in [-0.2, 0) is 17.8 Å². The van der Waals surface area contributed by atoms with Crippen LogP contribution in [0.15, 0.2) is 12.1 Å². The minimum atomic E-state index is 0.549. The van der Waals surface area contributed by atoms with Gasteiger partial charge in [-0.2, -0.15) is 0 Å². The SMILES string of the molecule is COCc1cc(CCN2CCNCC2)c(OC)cc1OC. The Morgan fingerprint density at radius 2 is 1.67 bits per heavy atom. The Kier molecular flexibility index (Phi) is 6.29. The first-order valence-corrected chi connectivity index (χ1v) is 7.44. The number of methoxy groups -OCH3 is 3. The van der Waals surface area contributed by atoms with Crippen molar-refractivity contribution in [2.75, 3.05) is 54.1 Å². The van der Waals surface area contributed by atoms with Crippen molar-refractivity contribution in [1.29, 1.82) is 0 Å². The molecule has 1 aromatic rings. The van der Waals surface area contributed by atoms with Crippen LogP contribution in [-0.4, -0.2) is 59.0 Å². The molecule has 2 rings (SSSR count). The summed E-state index contributed by atoms with van der Waals surface area (Å²) in [6.45, 7) is 5.99. The van der Waals surface area contributed by atoms with E-state index in [1.54, 1.807) is 21.3 Å². The maximum Gasteiger partial charge on any atom is 0.128 e. The van der Waals surface area contributed by atoms with E-state index in [0.717, 1.165) is 56.2 Å². The van der Waals surface area contributed by atoms with Crippen molar-refractivity contribution in [2.45, 2.75) is 13.0 Å². The van der Waals surface area contributed by atoms with Crippen LogP contribution in [0.25, 0.3) is 0 Å². The Labute approximate surface area is 127 Å². The van der Waals surface area contributed by atoms with E-state index in [-0.39, 0.29) is 0 Å². The Morgan fingerprint density at radius 3 is 2.29 bits per heavy atom. The molecule has 5 heteroatoms. The van der Waals surface area contributed by atoms with Gasteiger partial charge in [-0.15, -0.1) is 0 Å². The molecule has 0 saturated carbocycles. The molecule has 1 fully saturated rings. The number of ether oxygens (including phenoxy) is 3. The molecule has 0 atom stereocenters. The first kappa shape index (κ1) is 16.1. The molecule has 1 saturated heterocycles. The molecular formula is C16H26N2O3. The number of benzene rings is 1. The molecule has 0 bridgehead atoms. The Bertz CT molecular complexity index is 445. The van der Waals surface area contributed by atoms with E-state index in [0.29, 0.717) is 6.61 Å². The lowest BCUT2D eigenvalue weighted by Gasteiger charge is -2.27. The smallest absolute Gasteiger partial charge is 0.128 e. The Hall–Kier alpha value is -1.30. The summed E-state index contributed by atoms with van der Waals surface area (Å²) >= 11 is 0. The van der Waals surface area contributed by atoms with Gasteiger partial charge in [0.2, 0.25) is 0 Å². The highest BCUT2D eigenvalue weighted by Crippen LogP contribution is 2.30. The molecule has 5 nitrogen and oxygen atoms in total. The summed E-state index contributed by atoms with van der Waals surface area (Å²) < 4.78 is 16.2. The van der Waals surface area contributed by atoms with Gasteiger partial charge >= 0.3 is 0 Å². The fraction of sp³-hybridized carbons (Fsp3) is 0.625. The van der Waals surface area contributed by atoms with E-state index in [2.05, 4.69) is 16.3 Å². The molecule has 1 aromatic carbocycles. The van der Waals surface area contributed by atoms with Gasteiger partial charge < -0.3 is 24.4 Å². The van der Waals surface area contributed by atoms with Gasteiger partial charge in [0.25, 0.3) is 0 Å². The molecule has 1 aliphatic heterocycles. The second kappa shape index (κ2) is 8.22. The van der Waals surface area contributed by atoms with E-state index < -0.39 is 0 Å². The number of rotatable bonds is 7. The highest BCUT2D eigenvalue weighted by atomic mass is 16.5. The van der Waals surface area contributed by atoms with Crippen LogP contribution >= 0.6 is 0 Å². The molecule has 21 heavy (non-hydrogen) atoms. The van der Waals surface area contributed by atoms with E-state index in [4.69, 9.17) is 14.2 Å². The van der Waals surface area contributed by atoms with Gasteiger partial charge in [0.15, 0.2) is 0 Å². The largest absolute Gasteiger partial charge is 0.496 e. The summed E-state index contributed by atoms with van der Waals surface area (Å²) in [6.07, 6.45) is 0.976. The van der Waals surface area contributed by atoms with Crippen LogP contribution in [0.1, 0.15) is 11.1 Å². The van der Waals surface area contributed by atoms with E-state index in [1.807, 2.05) is 6.07 Å². The zero-order valence-electron chi connectivity index (χ0n) is 13.3. The molecule has 0 amide bonds. The standard InChI is InChI=1S/C16H26N2O3/c1-19-12-14-10-13(15(20-2)11-16(14)21-3)4-7-18-8-5-17-6-9-18/h10-11,17H,4-9,12H2,1-3H3. The lowest BCUT2D eigenvalue weighted by Crippen LogP contribution is -2.44. The van der Waals surface area contributed by atoms with Crippen LogP contribution in [0.3, 0.4) is 0 Å². The number of hydrogen-bond acceptors (Lipinski definition) is 5. The quantitative estimate of drug-likeness (QED) is 0.821. The number of nitrogens with zero attached hydrogens (tertiary/aromatic N) is 1. The average molecular weight is 294 g/mol. The van der Waals surface area contributed by atoms with Gasteiger partial charge in [-0.1, -0.05) is 0 Å². The normalized spacial score (nSPS) is 16.0. The Morgan fingerprint density at radius 1 is 1.00 bits per heavy atom. The van der Waals surface area contributed by atoms with Crippen molar-refractivity contribution in [1.82, 2.24) is 10.2 Å². The van der Waals surface area contributed by atoms with Gasteiger partial charge in [0.05, 0.1) is 20.8 Å². The fourth-order valence-electron chi connectivity index (χ4n) is 2.71. The molecule has 118 valence electrons. The highest BCUT2D eigenvalue weighted by Gasteiger charge is 2.14. The monoisotopic (exact) mass is 294 g/mol. The van der Waals surface area contributed by atoms with E-state index in [9.17, 15) is 0 Å². The summed E-state index contributed by atoms with van der Waals surface area (Å²) in [6, 6.07) is 4.10. The van der Waals surface area contributed by atoms with Crippen molar-refractivity contribution >= 4 is 0 Å². The summed E-state index contributed by atoms with van der Waals surface area (Å²) in [5.41, 5.74) is 2.28. The molecule has 0 radical (unpaired) electrons. The topological polar surface area (TPSA) is 43.0 Å². The lowest BCUT2D eigenvalue weighted by molar-refractivity contribution is 0.181. The first-order valence-electron chi connectivity index (χ1n) is 7.44. The van der Waals surface area contributed by atoms with Crippen LogP contribution in [0, 0.1) is 0 Å². The number of piperazine rings is 1. The predicted octanol–water partition coefficient (Wildman–Crippen LogP) is 1.30. The van der Waals surface area contributed by atoms with Crippen LogP contribution in [0.4, 0.5) is 0 Å². The second-order valence-corrected chi connectivity index (χ2v) is 5.25. The summed E-state index contributed by atoms with van der Waals surface area (Å²) in [4.78, 5) is 2.48. The molecule has 1 N–H and O–H groups in total.